The van der Waals surface area contributed by atoms with Crippen LogP contribution in [-0.4, -0.2) is 46.6 Å². The number of likely N-dealkylation sites (N-methyl/N-ethyl adjacent to an activating group) is 1. The molecule has 154 valence electrons. The molecule has 0 aliphatic heterocycles. The van der Waals surface area contributed by atoms with Crippen molar-refractivity contribution in [3.05, 3.63) is 66.0 Å². The maximum atomic E-state index is 12.2. The van der Waals surface area contributed by atoms with Crippen LogP contribution in [0.1, 0.15) is 29.0 Å². The van der Waals surface area contributed by atoms with Gasteiger partial charge in [-0.15, -0.1) is 0 Å². The molecular formula is C22H23N5O3. The van der Waals surface area contributed by atoms with Gasteiger partial charge >= 0.3 is 6.03 Å². The largest absolute Gasteiger partial charge is 0.349 e. The van der Waals surface area contributed by atoms with Gasteiger partial charge in [0.05, 0.1) is 0 Å². The van der Waals surface area contributed by atoms with E-state index in [0.29, 0.717) is 36.3 Å². The molecule has 1 aromatic heterocycles. The summed E-state index contributed by atoms with van der Waals surface area (Å²) in [7, 11) is 1.71. The van der Waals surface area contributed by atoms with Gasteiger partial charge in [0, 0.05) is 42.9 Å². The highest BCUT2D eigenvalue weighted by Crippen LogP contribution is 2.21. The van der Waals surface area contributed by atoms with Crippen molar-refractivity contribution in [1.29, 1.82) is 0 Å². The summed E-state index contributed by atoms with van der Waals surface area (Å²) >= 11 is 0. The van der Waals surface area contributed by atoms with E-state index in [4.69, 9.17) is 4.52 Å². The summed E-state index contributed by atoms with van der Waals surface area (Å²) in [5.41, 5.74) is 2.09. The average molecular weight is 405 g/mol. The predicted octanol–water partition coefficient (Wildman–Crippen LogP) is 3.34. The van der Waals surface area contributed by atoms with Gasteiger partial charge in [-0.1, -0.05) is 23.4 Å². The second-order valence-corrected chi connectivity index (χ2v) is 7.31. The number of hydrogen-bond acceptors (Lipinski definition) is 5. The second-order valence-electron chi connectivity index (χ2n) is 7.31. The zero-order valence-electron chi connectivity index (χ0n) is 16.7. The summed E-state index contributed by atoms with van der Waals surface area (Å²) < 4.78 is 5.33. The first-order chi connectivity index (χ1) is 14.6. The SMILES string of the molecule is CN(CCc1noc(-c2ccc(C(=O)NC3CC3)cc2)n1)C(=O)Nc1ccccc1. The molecule has 1 heterocycles. The lowest BCUT2D eigenvalue weighted by atomic mass is 10.1. The first kappa shape index (κ1) is 19.6. The summed E-state index contributed by atoms with van der Waals surface area (Å²) in [6.45, 7) is 0.442. The maximum absolute atomic E-state index is 12.2. The molecule has 2 aromatic carbocycles. The van der Waals surface area contributed by atoms with E-state index in [9.17, 15) is 9.59 Å². The standard InChI is InChI=1S/C22H23N5O3/c1-27(22(29)24-17-5-3-2-4-6-17)14-13-19-25-21(30-26-19)16-9-7-15(8-10-16)20(28)23-18-11-12-18/h2-10,18H,11-14H2,1H3,(H,23,28)(H,24,29). The van der Waals surface area contributed by atoms with E-state index >= 15 is 0 Å². The van der Waals surface area contributed by atoms with Crippen molar-refractivity contribution in [1.82, 2.24) is 20.4 Å². The molecular weight excluding hydrogens is 382 g/mol. The summed E-state index contributed by atoms with van der Waals surface area (Å²) in [5.74, 6) is 0.836. The first-order valence-electron chi connectivity index (χ1n) is 9.89. The summed E-state index contributed by atoms with van der Waals surface area (Å²) in [4.78, 5) is 30.3. The van der Waals surface area contributed by atoms with E-state index in [0.717, 1.165) is 24.1 Å². The number of hydrogen-bond donors (Lipinski definition) is 2. The van der Waals surface area contributed by atoms with Crippen LogP contribution in [0, 0.1) is 0 Å². The minimum absolute atomic E-state index is 0.0629. The van der Waals surface area contributed by atoms with Gasteiger partial charge in [-0.3, -0.25) is 4.79 Å². The number of benzene rings is 2. The third-order valence-corrected chi connectivity index (χ3v) is 4.82. The van der Waals surface area contributed by atoms with Crippen LogP contribution in [0.5, 0.6) is 0 Å². The number of amides is 3. The molecule has 0 saturated heterocycles. The van der Waals surface area contributed by atoms with E-state index in [1.807, 2.05) is 30.3 Å². The Balaban J connectivity index is 1.30. The molecule has 0 atom stereocenters. The Hall–Kier alpha value is -3.68. The zero-order chi connectivity index (χ0) is 20.9. The van der Waals surface area contributed by atoms with Crippen LogP contribution in [0.15, 0.2) is 59.1 Å². The highest BCUT2D eigenvalue weighted by atomic mass is 16.5. The number of nitrogens with one attached hydrogen (secondary N) is 2. The quantitative estimate of drug-likeness (QED) is 0.628. The number of anilines is 1. The van der Waals surface area contributed by atoms with Gasteiger partial charge in [-0.25, -0.2) is 4.79 Å². The number of nitrogens with zero attached hydrogens (tertiary/aromatic N) is 3. The summed E-state index contributed by atoms with van der Waals surface area (Å²) in [6, 6.07) is 16.5. The van der Waals surface area contributed by atoms with Crippen molar-refractivity contribution in [3.8, 4) is 11.5 Å². The molecule has 0 radical (unpaired) electrons. The van der Waals surface area contributed by atoms with Crippen LogP contribution >= 0.6 is 0 Å². The predicted molar refractivity (Wildman–Crippen MR) is 112 cm³/mol. The van der Waals surface area contributed by atoms with Gasteiger partial charge in [0.25, 0.3) is 11.8 Å². The molecule has 3 aromatic rings. The maximum Gasteiger partial charge on any atom is 0.321 e. The smallest absolute Gasteiger partial charge is 0.321 e. The van der Waals surface area contributed by atoms with Gasteiger partial charge in [0.15, 0.2) is 5.82 Å². The van der Waals surface area contributed by atoms with E-state index < -0.39 is 0 Å². The van der Waals surface area contributed by atoms with Crippen LogP contribution in [0.3, 0.4) is 0 Å². The molecule has 2 N–H and O–H groups in total. The monoisotopic (exact) mass is 405 g/mol. The van der Waals surface area contributed by atoms with Crippen molar-refractivity contribution in [3.63, 3.8) is 0 Å². The van der Waals surface area contributed by atoms with Crippen LogP contribution < -0.4 is 10.6 Å². The van der Waals surface area contributed by atoms with Gasteiger partial charge in [0.2, 0.25) is 0 Å². The highest BCUT2D eigenvalue weighted by molar-refractivity contribution is 5.95. The van der Waals surface area contributed by atoms with Gasteiger partial charge in [-0.05, 0) is 49.2 Å². The molecule has 0 spiro atoms. The first-order valence-corrected chi connectivity index (χ1v) is 9.89. The third-order valence-electron chi connectivity index (χ3n) is 4.82. The molecule has 8 nitrogen and oxygen atoms in total. The van der Waals surface area contributed by atoms with Crippen molar-refractivity contribution < 1.29 is 14.1 Å². The van der Waals surface area contributed by atoms with E-state index in [1.54, 1.807) is 36.2 Å². The lowest BCUT2D eigenvalue weighted by molar-refractivity contribution is 0.0951. The number of para-hydroxylation sites is 1. The Bertz CT molecular complexity index is 1010. The van der Waals surface area contributed by atoms with Crippen LogP contribution in [0.4, 0.5) is 10.5 Å². The number of carbonyl (C=O) groups is 2. The lowest BCUT2D eigenvalue weighted by Crippen LogP contribution is -2.33. The number of carbonyl (C=O) groups excluding carboxylic acids is 2. The van der Waals surface area contributed by atoms with Gasteiger partial charge in [-0.2, -0.15) is 4.98 Å². The van der Waals surface area contributed by atoms with Crippen LogP contribution in [0.2, 0.25) is 0 Å². The normalized spacial score (nSPS) is 13.0. The third kappa shape index (κ3) is 5.02. The molecule has 1 saturated carbocycles. The van der Waals surface area contributed by atoms with E-state index in [-0.39, 0.29) is 11.9 Å². The Morgan fingerprint density at radius 3 is 2.53 bits per heavy atom. The van der Waals surface area contributed by atoms with E-state index in [2.05, 4.69) is 20.8 Å². The van der Waals surface area contributed by atoms with Crippen molar-refractivity contribution in [2.45, 2.75) is 25.3 Å². The minimum atomic E-state index is -0.204. The Labute approximate surface area is 174 Å². The average Bonchev–Trinajstić information content (AvgIpc) is 3.46. The fraction of sp³-hybridized carbons (Fsp3) is 0.273. The molecule has 4 rings (SSSR count). The van der Waals surface area contributed by atoms with Crippen molar-refractivity contribution in [2.75, 3.05) is 18.9 Å². The minimum Gasteiger partial charge on any atom is -0.349 e. The van der Waals surface area contributed by atoms with Crippen molar-refractivity contribution in [2.24, 2.45) is 0 Å². The van der Waals surface area contributed by atoms with E-state index in [1.165, 1.54) is 0 Å². The Morgan fingerprint density at radius 1 is 1.10 bits per heavy atom. The molecule has 1 aliphatic carbocycles. The Morgan fingerprint density at radius 2 is 1.83 bits per heavy atom. The molecule has 0 unspecified atom stereocenters. The molecule has 3 amide bonds. The molecule has 30 heavy (non-hydrogen) atoms. The Kier molecular flexibility index (Phi) is 5.74. The fourth-order valence-corrected chi connectivity index (χ4v) is 2.84. The molecule has 0 bridgehead atoms. The highest BCUT2D eigenvalue weighted by Gasteiger charge is 2.23. The summed E-state index contributed by atoms with van der Waals surface area (Å²) in [5, 5.41) is 9.78. The van der Waals surface area contributed by atoms with Crippen LogP contribution in [-0.2, 0) is 6.42 Å². The zero-order valence-corrected chi connectivity index (χ0v) is 16.7. The fourth-order valence-electron chi connectivity index (χ4n) is 2.84. The topological polar surface area (TPSA) is 100 Å². The molecule has 1 aliphatic rings. The second kappa shape index (κ2) is 8.77. The summed E-state index contributed by atoms with van der Waals surface area (Å²) in [6.07, 6.45) is 2.57. The number of rotatable bonds is 7. The van der Waals surface area contributed by atoms with Crippen LogP contribution in [0.25, 0.3) is 11.5 Å². The number of aromatic nitrogens is 2. The van der Waals surface area contributed by atoms with Gasteiger partial charge in [0.1, 0.15) is 0 Å². The lowest BCUT2D eigenvalue weighted by Gasteiger charge is -2.16. The molecule has 1 fully saturated rings. The number of urea groups is 1. The van der Waals surface area contributed by atoms with Crippen molar-refractivity contribution >= 4 is 17.6 Å². The van der Waals surface area contributed by atoms with Gasteiger partial charge < -0.3 is 20.1 Å². The molecule has 8 heteroatoms.